The van der Waals surface area contributed by atoms with Gasteiger partial charge in [0.25, 0.3) is 0 Å². The minimum Gasteiger partial charge on any atom is -0.463 e. The summed E-state index contributed by atoms with van der Waals surface area (Å²) in [7, 11) is 0. The fourth-order valence-electron chi connectivity index (χ4n) is 2.95. The van der Waals surface area contributed by atoms with Crippen LogP contribution < -0.4 is 0 Å². The molecule has 0 fully saturated rings. The lowest BCUT2D eigenvalue weighted by atomic mass is 10.2. The molecule has 0 saturated carbocycles. The van der Waals surface area contributed by atoms with E-state index in [0.717, 1.165) is 19.3 Å². The zero-order valence-corrected chi connectivity index (χ0v) is 25.4. The quantitative estimate of drug-likeness (QED) is 0.0601. The molecule has 41 heavy (non-hydrogen) atoms. The first-order chi connectivity index (χ1) is 20.3. The molecule has 0 aromatic rings. The SMILES string of the molecule is C=CCOCCOCCOCCOCCOCCOCCOCCOCCOCCOCCOC(=O)CCCCC. The van der Waals surface area contributed by atoms with Crippen molar-refractivity contribution in [3.63, 3.8) is 0 Å². The normalized spacial score (nSPS) is 11.2. The Bertz CT molecular complexity index is 524. The Morgan fingerprint density at radius 3 is 1.05 bits per heavy atom. The minimum absolute atomic E-state index is 0.158. The van der Waals surface area contributed by atoms with Crippen LogP contribution in [0.5, 0.6) is 0 Å². The number of hydrogen-bond acceptors (Lipinski definition) is 12. The van der Waals surface area contributed by atoms with Crippen molar-refractivity contribution in [3.8, 4) is 0 Å². The highest BCUT2D eigenvalue weighted by atomic mass is 16.6. The standard InChI is InChI=1S/C29H56O12/c1-3-5-6-7-29(30)41-28-27-40-26-25-39-24-23-38-22-21-37-20-19-36-18-17-35-16-15-34-14-13-33-12-11-32-10-9-31-8-4-2/h4H,2-3,5-28H2,1H3. The summed E-state index contributed by atoms with van der Waals surface area (Å²) in [5.74, 6) is -0.158. The van der Waals surface area contributed by atoms with Gasteiger partial charge in [-0.1, -0.05) is 25.8 Å². The van der Waals surface area contributed by atoms with E-state index >= 15 is 0 Å². The van der Waals surface area contributed by atoms with E-state index in [0.29, 0.717) is 139 Å². The highest BCUT2D eigenvalue weighted by molar-refractivity contribution is 5.69. The zero-order chi connectivity index (χ0) is 29.7. The van der Waals surface area contributed by atoms with Crippen LogP contribution in [0.25, 0.3) is 0 Å². The molecule has 0 saturated heterocycles. The van der Waals surface area contributed by atoms with Gasteiger partial charge in [-0.2, -0.15) is 0 Å². The van der Waals surface area contributed by atoms with Crippen LogP contribution >= 0.6 is 0 Å². The topological polar surface area (TPSA) is 119 Å². The van der Waals surface area contributed by atoms with Crippen LogP contribution in [-0.2, 0) is 56.9 Å². The fourth-order valence-corrected chi connectivity index (χ4v) is 2.95. The second-order valence-electron chi connectivity index (χ2n) is 8.55. The second-order valence-corrected chi connectivity index (χ2v) is 8.55. The van der Waals surface area contributed by atoms with E-state index in [1.165, 1.54) is 0 Å². The van der Waals surface area contributed by atoms with Crippen molar-refractivity contribution in [3.05, 3.63) is 12.7 Å². The molecule has 12 nitrogen and oxygen atoms in total. The molecule has 0 amide bonds. The Hall–Kier alpha value is -1.19. The van der Waals surface area contributed by atoms with Crippen LogP contribution in [0.1, 0.15) is 32.6 Å². The van der Waals surface area contributed by atoms with Crippen molar-refractivity contribution in [1.29, 1.82) is 0 Å². The number of carbonyl (C=O) groups is 1. The van der Waals surface area contributed by atoms with Crippen molar-refractivity contribution in [1.82, 2.24) is 0 Å². The first kappa shape index (κ1) is 39.8. The average Bonchev–Trinajstić information content (AvgIpc) is 2.98. The highest BCUT2D eigenvalue weighted by Crippen LogP contribution is 2.00. The molecule has 0 aliphatic carbocycles. The van der Waals surface area contributed by atoms with Crippen LogP contribution in [0.4, 0.5) is 0 Å². The molecule has 0 aromatic heterocycles. The smallest absolute Gasteiger partial charge is 0.305 e. The van der Waals surface area contributed by atoms with E-state index in [2.05, 4.69) is 13.5 Å². The van der Waals surface area contributed by atoms with E-state index in [4.69, 9.17) is 52.1 Å². The maximum absolute atomic E-state index is 11.4. The lowest BCUT2D eigenvalue weighted by molar-refractivity contribution is -0.145. The van der Waals surface area contributed by atoms with Gasteiger partial charge >= 0.3 is 5.97 Å². The summed E-state index contributed by atoms with van der Waals surface area (Å²) in [5.41, 5.74) is 0. The first-order valence-electron chi connectivity index (χ1n) is 14.8. The fraction of sp³-hybridized carbons (Fsp3) is 0.897. The van der Waals surface area contributed by atoms with Gasteiger partial charge in [0.2, 0.25) is 0 Å². The molecule has 0 heterocycles. The van der Waals surface area contributed by atoms with Gasteiger partial charge in [-0.15, -0.1) is 6.58 Å². The third kappa shape index (κ3) is 36.8. The summed E-state index contributed by atoms with van der Waals surface area (Å²) >= 11 is 0. The summed E-state index contributed by atoms with van der Waals surface area (Å²) in [6.45, 7) is 16.1. The van der Waals surface area contributed by atoms with Crippen molar-refractivity contribution < 1.29 is 56.9 Å². The van der Waals surface area contributed by atoms with Crippen LogP contribution in [-0.4, -0.2) is 145 Å². The molecule has 0 aromatic carbocycles. The van der Waals surface area contributed by atoms with Crippen molar-refractivity contribution in [2.24, 2.45) is 0 Å². The molecule has 0 spiro atoms. The van der Waals surface area contributed by atoms with Crippen LogP contribution in [0, 0.1) is 0 Å². The molecular formula is C29H56O12. The van der Waals surface area contributed by atoms with E-state index < -0.39 is 0 Å². The Morgan fingerprint density at radius 1 is 0.463 bits per heavy atom. The summed E-state index contributed by atoms with van der Waals surface area (Å²) in [6.07, 6.45) is 5.21. The molecule has 0 bridgehead atoms. The molecule has 0 aliphatic rings. The van der Waals surface area contributed by atoms with Crippen molar-refractivity contribution >= 4 is 5.97 Å². The van der Waals surface area contributed by atoms with Gasteiger partial charge in [0.15, 0.2) is 0 Å². The van der Waals surface area contributed by atoms with Gasteiger partial charge < -0.3 is 52.1 Å². The summed E-state index contributed by atoms with van der Waals surface area (Å²) in [5, 5.41) is 0. The molecule has 0 N–H and O–H groups in total. The number of ether oxygens (including phenoxy) is 11. The predicted octanol–water partition coefficient (Wildman–Crippen LogP) is 2.46. The molecule has 0 rings (SSSR count). The van der Waals surface area contributed by atoms with Crippen molar-refractivity contribution in [2.45, 2.75) is 32.6 Å². The molecule has 12 heteroatoms. The number of esters is 1. The Balaban J connectivity index is 3.07. The van der Waals surface area contributed by atoms with Gasteiger partial charge in [0.05, 0.1) is 132 Å². The Morgan fingerprint density at radius 2 is 0.756 bits per heavy atom. The summed E-state index contributed by atoms with van der Waals surface area (Å²) in [4.78, 5) is 11.4. The van der Waals surface area contributed by atoms with Gasteiger partial charge in [0, 0.05) is 6.42 Å². The van der Waals surface area contributed by atoms with Gasteiger partial charge in [0.1, 0.15) is 6.61 Å². The number of hydrogen-bond donors (Lipinski definition) is 0. The Labute approximate surface area is 247 Å². The number of unbranched alkanes of at least 4 members (excludes halogenated alkanes) is 2. The molecule has 0 unspecified atom stereocenters. The van der Waals surface area contributed by atoms with E-state index in [1.807, 2.05) is 0 Å². The van der Waals surface area contributed by atoms with Crippen LogP contribution in [0.3, 0.4) is 0 Å². The van der Waals surface area contributed by atoms with Crippen molar-refractivity contribution in [2.75, 3.05) is 139 Å². The lowest BCUT2D eigenvalue weighted by Gasteiger charge is -2.09. The maximum atomic E-state index is 11.4. The zero-order valence-electron chi connectivity index (χ0n) is 25.4. The minimum atomic E-state index is -0.158. The molecular weight excluding hydrogens is 540 g/mol. The van der Waals surface area contributed by atoms with Gasteiger partial charge in [-0.05, 0) is 6.42 Å². The largest absolute Gasteiger partial charge is 0.463 e. The molecule has 0 atom stereocenters. The number of rotatable bonds is 36. The molecule has 244 valence electrons. The van der Waals surface area contributed by atoms with E-state index in [1.54, 1.807) is 6.08 Å². The van der Waals surface area contributed by atoms with Gasteiger partial charge in [-0.25, -0.2) is 0 Å². The summed E-state index contributed by atoms with van der Waals surface area (Å²) < 4.78 is 59.1. The van der Waals surface area contributed by atoms with Gasteiger partial charge in [-0.3, -0.25) is 4.79 Å². The third-order valence-electron chi connectivity index (χ3n) is 5.06. The summed E-state index contributed by atoms with van der Waals surface area (Å²) in [6, 6.07) is 0. The third-order valence-corrected chi connectivity index (χ3v) is 5.06. The lowest BCUT2D eigenvalue weighted by Crippen LogP contribution is -2.15. The van der Waals surface area contributed by atoms with E-state index in [9.17, 15) is 4.79 Å². The van der Waals surface area contributed by atoms with E-state index in [-0.39, 0.29) is 12.6 Å². The number of carbonyl (C=O) groups excluding carboxylic acids is 1. The second kappa shape index (κ2) is 36.8. The van der Waals surface area contributed by atoms with Crippen LogP contribution in [0.15, 0.2) is 12.7 Å². The molecule has 0 radical (unpaired) electrons. The average molecular weight is 597 g/mol. The monoisotopic (exact) mass is 596 g/mol. The van der Waals surface area contributed by atoms with Crippen LogP contribution in [0.2, 0.25) is 0 Å². The highest BCUT2D eigenvalue weighted by Gasteiger charge is 2.02. The molecule has 0 aliphatic heterocycles. The first-order valence-corrected chi connectivity index (χ1v) is 14.8. The Kier molecular flexibility index (Phi) is 35.8. The predicted molar refractivity (Wildman–Crippen MR) is 153 cm³/mol. The maximum Gasteiger partial charge on any atom is 0.305 e.